The van der Waals surface area contributed by atoms with E-state index in [0.717, 1.165) is 23.4 Å². The second kappa shape index (κ2) is 5.71. The Balaban J connectivity index is 1.71. The van der Waals surface area contributed by atoms with Crippen LogP contribution >= 0.6 is 0 Å². The molecule has 2 N–H and O–H groups in total. The number of carboxylic acid groups (broad SMARTS) is 1. The first kappa shape index (κ1) is 14.8. The van der Waals surface area contributed by atoms with E-state index in [1.165, 1.54) is 5.56 Å². The summed E-state index contributed by atoms with van der Waals surface area (Å²) in [6.07, 6.45) is 5.53. The lowest BCUT2D eigenvalue weighted by Gasteiger charge is -2.37. The van der Waals surface area contributed by atoms with Gasteiger partial charge in [-0.15, -0.1) is 0 Å². The molecule has 4 nitrogen and oxygen atoms in total. The molecule has 122 valence electrons. The molecule has 0 unspecified atom stereocenters. The van der Waals surface area contributed by atoms with E-state index in [0.29, 0.717) is 17.4 Å². The lowest BCUT2D eigenvalue weighted by molar-refractivity contribution is 0.0697. The first-order chi connectivity index (χ1) is 11.7. The molecule has 3 atom stereocenters. The summed E-state index contributed by atoms with van der Waals surface area (Å²) in [7, 11) is 1.69. The van der Waals surface area contributed by atoms with Crippen LogP contribution in [0.1, 0.15) is 39.9 Å². The number of aromatic carboxylic acids is 1. The number of nitrogens with one attached hydrogen (secondary N) is 1. The van der Waals surface area contributed by atoms with Crippen molar-refractivity contribution in [3.63, 3.8) is 0 Å². The van der Waals surface area contributed by atoms with Gasteiger partial charge in [0.1, 0.15) is 5.75 Å². The van der Waals surface area contributed by atoms with Crippen LogP contribution in [0.3, 0.4) is 0 Å². The molecule has 0 spiro atoms. The van der Waals surface area contributed by atoms with Crippen molar-refractivity contribution in [1.29, 1.82) is 0 Å². The van der Waals surface area contributed by atoms with E-state index in [-0.39, 0.29) is 6.04 Å². The van der Waals surface area contributed by atoms with E-state index in [4.69, 9.17) is 9.84 Å². The van der Waals surface area contributed by atoms with Crippen LogP contribution < -0.4 is 10.1 Å². The largest absolute Gasteiger partial charge is 0.497 e. The minimum atomic E-state index is -0.893. The van der Waals surface area contributed by atoms with Crippen molar-refractivity contribution in [1.82, 2.24) is 0 Å². The maximum atomic E-state index is 11.1. The van der Waals surface area contributed by atoms with Crippen molar-refractivity contribution >= 4 is 11.7 Å². The highest BCUT2D eigenvalue weighted by atomic mass is 16.5. The highest BCUT2D eigenvalue weighted by Gasteiger charge is 2.38. The Morgan fingerprint density at radius 2 is 2.00 bits per heavy atom. The lowest BCUT2D eigenvalue weighted by atomic mass is 9.77. The first-order valence-electron chi connectivity index (χ1n) is 8.12. The molecule has 0 saturated heterocycles. The predicted octanol–water partition coefficient (Wildman–Crippen LogP) is 4.22. The number of benzene rings is 2. The van der Waals surface area contributed by atoms with Crippen molar-refractivity contribution in [3.8, 4) is 5.75 Å². The van der Waals surface area contributed by atoms with E-state index in [9.17, 15) is 4.79 Å². The second-order valence-electron chi connectivity index (χ2n) is 6.36. The van der Waals surface area contributed by atoms with Gasteiger partial charge in [-0.25, -0.2) is 4.79 Å². The Hall–Kier alpha value is -2.75. The van der Waals surface area contributed by atoms with Gasteiger partial charge in [-0.3, -0.25) is 0 Å². The highest BCUT2D eigenvalue weighted by molar-refractivity contribution is 5.87. The van der Waals surface area contributed by atoms with Crippen molar-refractivity contribution in [2.45, 2.75) is 18.4 Å². The standard InChI is InChI=1S/C20H19NO3/c1-24-14-9-10-18-17(11-14)15-3-2-4-16(15)19(21-18)12-5-7-13(8-6-12)20(22)23/h2-3,5-11,15-16,19,21H,4H2,1H3,(H,22,23)/t15-,16-,19+/m1/s1. The number of methoxy groups -OCH3 is 1. The molecule has 0 bridgehead atoms. The average molecular weight is 321 g/mol. The fraction of sp³-hybridized carbons (Fsp3) is 0.250. The third-order valence-corrected chi connectivity index (χ3v) is 5.09. The number of allylic oxidation sites excluding steroid dienone is 2. The topological polar surface area (TPSA) is 58.6 Å². The van der Waals surface area contributed by atoms with E-state index in [2.05, 4.69) is 29.6 Å². The number of ether oxygens (including phenoxy) is 1. The quantitative estimate of drug-likeness (QED) is 0.831. The van der Waals surface area contributed by atoms with Crippen LogP contribution in [0, 0.1) is 5.92 Å². The summed E-state index contributed by atoms with van der Waals surface area (Å²) in [4.78, 5) is 11.1. The minimum absolute atomic E-state index is 0.175. The number of rotatable bonds is 3. The Bertz CT molecular complexity index is 810. The predicted molar refractivity (Wildman–Crippen MR) is 92.7 cm³/mol. The van der Waals surface area contributed by atoms with Crippen molar-refractivity contribution in [3.05, 3.63) is 71.3 Å². The number of anilines is 1. The molecule has 2 aromatic rings. The van der Waals surface area contributed by atoms with Gasteiger partial charge in [0.05, 0.1) is 18.7 Å². The minimum Gasteiger partial charge on any atom is -0.497 e. The molecule has 4 rings (SSSR count). The molecule has 0 aromatic heterocycles. The average Bonchev–Trinajstić information content (AvgIpc) is 3.10. The molecule has 0 radical (unpaired) electrons. The number of carbonyl (C=O) groups is 1. The Morgan fingerprint density at radius 1 is 1.21 bits per heavy atom. The summed E-state index contributed by atoms with van der Waals surface area (Å²) >= 11 is 0. The Morgan fingerprint density at radius 3 is 2.71 bits per heavy atom. The molecular formula is C20H19NO3. The summed E-state index contributed by atoms with van der Waals surface area (Å²) in [6.45, 7) is 0. The molecule has 0 saturated carbocycles. The van der Waals surface area contributed by atoms with E-state index in [1.54, 1.807) is 19.2 Å². The maximum absolute atomic E-state index is 11.1. The summed E-state index contributed by atoms with van der Waals surface area (Å²) in [6, 6.07) is 13.5. The van der Waals surface area contributed by atoms with Crippen molar-refractivity contribution < 1.29 is 14.6 Å². The van der Waals surface area contributed by atoms with Crippen molar-refractivity contribution in [2.75, 3.05) is 12.4 Å². The number of hydrogen-bond donors (Lipinski definition) is 2. The monoisotopic (exact) mass is 321 g/mol. The van der Waals surface area contributed by atoms with Gasteiger partial charge in [0, 0.05) is 11.6 Å². The fourth-order valence-corrected chi connectivity index (χ4v) is 3.86. The summed E-state index contributed by atoms with van der Waals surface area (Å²) in [5.41, 5.74) is 3.84. The zero-order valence-electron chi connectivity index (χ0n) is 13.4. The van der Waals surface area contributed by atoms with Crippen LogP contribution in [0.4, 0.5) is 5.69 Å². The molecule has 1 aliphatic heterocycles. The molecule has 1 heterocycles. The Labute approximate surface area is 140 Å². The van der Waals surface area contributed by atoms with E-state index in [1.807, 2.05) is 18.2 Å². The fourth-order valence-electron chi connectivity index (χ4n) is 3.86. The zero-order valence-corrected chi connectivity index (χ0v) is 13.4. The molecule has 4 heteroatoms. The van der Waals surface area contributed by atoms with Gasteiger partial charge in [0.15, 0.2) is 0 Å². The third-order valence-electron chi connectivity index (χ3n) is 5.09. The molecule has 0 amide bonds. The molecular weight excluding hydrogens is 302 g/mol. The van der Waals surface area contributed by atoms with Crippen LogP contribution in [-0.2, 0) is 0 Å². The second-order valence-corrected chi connectivity index (χ2v) is 6.36. The van der Waals surface area contributed by atoms with Gasteiger partial charge in [-0.05, 0) is 53.8 Å². The van der Waals surface area contributed by atoms with Crippen LogP contribution in [-0.4, -0.2) is 18.2 Å². The van der Waals surface area contributed by atoms with E-state index >= 15 is 0 Å². The van der Waals surface area contributed by atoms with Gasteiger partial charge in [-0.2, -0.15) is 0 Å². The summed E-state index contributed by atoms with van der Waals surface area (Å²) in [5.74, 6) is 0.774. The van der Waals surface area contributed by atoms with Crippen LogP contribution in [0.2, 0.25) is 0 Å². The highest BCUT2D eigenvalue weighted by Crippen LogP contribution is 2.50. The van der Waals surface area contributed by atoms with Crippen LogP contribution in [0.5, 0.6) is 5.75 Å². The van der Waals surface area contributed by atoms with Crippen LogP contribution in [0.15, 0.2) is 54.6 Å². The van der Waals surface area contributed by atoms with Gasteiger partial charge < -0.3 is 15.2 Å². The van der Waals surface area contributed by atoms with Gasteiger partial charge in [-0.1, -0.05) is 24.3 Å². The number of carboxylic acids is 1. The molecule has 24 heavy (non-hydrogen) atoms. The van der Waals surface area contributed by atoms with Gasteiger partial charge >= 0.3 is 5.97 Å². The van der Waals surface area contributed by atoms with Gasteiger partial charge in [0.2, 0.25) is 0 Å². The molecule has 0 fully saturated rings. The SMILES string of the molecule is COc1ccc2c(c1)[C@@H]1C=CC[C@H]1[C@H](c1ccc(C(=O)O)cc1)N2. The van der Waals surface area contributed by atoms with Crippen molar-refractivity contribution in [2.24, 2.45) is 5.92 Å². The molecule has 1 aliphatic carbocycles. The number of fused-ring (bicyclic) bond motifs is 3. The molecule has 2 aliphatic rings. The molecule has 2 aromatic carbocycles. The van der Waals surface area contributed by atoms with E-state index < -0.39 is 5.97 Å². The zero-order chi connectivity index (χ0) is 16.7. The van der Waals surface area contributed by atoms with Crippen LogP contribution in [0.25, 0.3) is 0 Å². The normalized spacial score (nSPS) is 24.0. The summed E-state index contributed by atoms with van der Waals surface area (Å²) in [5, 5.41) is 12.7. The van der Waals surface area contributed by atoms with Gasteiger partial charge in [0.25, 0.3) is 0 Å². The first-order valence-corrected chi connectivity index (χ1v) is 8.12. The maximum Gasteiger partial charge on any atom is 0.335 e. The number of hydrogen-bond acceptors (Lipinski definition) is 3. The third kappa shape index (κ3) is 2.35. The lowest BCUT2D eigenvalue weighted by Crippen LogP contribution is -2.29. The smallest absolute Gasteiger partial charge is 0.335 e. The Kier molecular flexibility index (Phi) is 3.53. The summed E-state index contributed by atoms with van der Waals surface area (Å²) < 4.78 is 5.37.